The van der Waals surface area contributed by atoms with Crippen LogP contribution in [0.2, 0.25) is 5.02 Å². The Kier molecular flexibility index (Phi) is 3.26. The van der Waals surface area contributed by atoms with Gasteiger partial charge in [-0.05, 0) is 17.9 Å². The number of nitrogens with zero attached hydrogens (tertiary/aromatic N) is 1. The number of nitrogens with one attached hydrogen (secondary N) is 2. The summed E-state index contributed by atoms with van der Waals surface area (Å²) in [4.78, 5) is 3.88. The predicted octanol–water partition coefficient (Wildman–Crippen LogP) is 1.10. The molecule has 4 N–H and O–H groups in total. The quantitative estimate of drug-likeness (QED) is 0.570. The van der Waals surface area contributed by atoms with E-state index in [0.717, 1.165) is 6.42 Å². The van der Waals surface area contributed by atoms with Crippen molar-refractivity contribution < 1.29 is 8.42 Å². The van der Waals surface area contributed by atoms with E-state index in [2.05, 4.69) is 15.1 Å². The molecule has 1 fully saturated rings. The number of nitrogen functional groups attached to an aromatic ring is 1. The zero-order valence-corrected chi connectivity index (χ0v) is 11.6. The number of hydrazine groups is 1. The van der Waals surface area contributed by atoms with Crippen LogP contribution in [-0.2, 0) is 10.0 Å². The Morgan fingerprint density at radius 1 is 1.56 bits per heavy atom. The number of hydrogen-bond donors (Lipinski definition) is 3. The van der Waals surface area contributed by atoms with E-state index < -0.39 is 10.0 Å². The van der Waals surface area contributed by atoms with Crippen LogP contribution in [0.4, 0.5) is 5.82 Å². The molecule has 2 rings (SSSR count). The van der Waals surface area contributed by atoms with Crippen LogP contribution in [0.15, 0.2) is 17.2 Å². The summed E-state index contributed by atoms with van der Waals surface area (Å²) in [5.41, 5.74) is 2.30. The third-order valence-electron chi connectivity index (χ3n) is 3.07. The zero-order valence-electron chi connectivity index (χ0n) is 10.1. The van der Waals surface area contributed by atoms with Crippen molar-refractivity contribution in [3.63, 3.8) is 0 Å². The SMILES string of the molecule is CC1(C)CC1NS(=O)(=O)c1cnc(NN)c(Cl)c1. The number of hydrogen-bond acceptors (Lipinski definition) is 5. The molecule has 6 nitrogen and oxygen atoms in total. The number of anilines is 1. The molecule has 0 aromatic carbocycles. The maximum absolute atomic E-state index is 12.1. The summed E-state index contributed by atoms with van der Waals surface area (Å²) in [5.74, 6) is 5.41. The molecule has 8 heteroatoms. The second kappa shape index (κ2) is 4.34. The van der Waals surface area contributed by atoms with E-state index in [0.29, 0.717) is 0 Å². The molecule has 1 aromatic rings. The number of pyridine rings is 1. The molecule has 100 valence electrons. The van der Waals surface area contributed by atoms with Crippen LogP contribution in [0, 0.1) is 5.41 Å². The van der Waals surface area contributed by atoms with E-state index in [1.54, 1.807) is 0 Å². The molecule has 18 heavy (non-hydrogen) atoms. The highest BCUT2D eigenvalue weighted by Crippen LogP contribution is 2.45. The van der Waals surface area contributed by atoms with Gasteiger partial charge in [0.25, 0.3) is 0 Å². The molecule has 0 saturated heterocycles. The number of sulfonamides is 1. The summed E-state index contributed by atoms with van der Waals surface area (Å²) >= 11 is 5.85. The van der Waals surface area contributed by atoms with Gasteiger partial charge in [0.2, 0.25) is 10.0 Å². The van der Waals surface area contributed by atoms with E-state index in [9.17, 15) is 8.42 Å². The highest BCUT2D eigenvalue weighted by molar-refractivity contribution is 7.89. The molecule has 1 aromatic heterocycles. The van der Waals surface area contributed by atoms with Gasteiger partial charge >= 0.3 is 0 Å². The summed E-state index contributed by atoms with van der Waals surface area (Å²) in [5, 5.41) is 0.162. The number of nitrogens with two attached hydrogens (primary N) is 1. The van der Waals surface area contributed by atoms with Gasteiger partial charge < -0.3 is 5.43 Å². The molecule has 0 radical (unpaired) electrons. The van der Waals surface area contributed by atoms with Crippen LogP contribution in [0.3, 0.4) is 0 Å². The lowest BCUT2D eigenvalue weighted by atomic mass is 10.2. The van der Waals surface area contributed by atoms with Crippen LogP contribution >= 0.6 is 11.6 Å². The number of aromatic nitrogens is 1. The first-order valence-corrected chi connectivity index (χ1v) is 7.27. The van der Waals surface area contributed by atoms with Gasteiger partial charge in [-0.3, -0.25) is 0 Å². The number of halogens is 1. The maximum atomic E-state index is 12.1. The molecule has 1 aliphatic carbocycles. The minimum Gasteiger partial charge on any atom is -0.307 e. The second-order valence-electron chi connectivity index (χ2n) is 5.01. The summed E-state index contributed by atoms with van der Waals surface area (Å²) in [7, 11) is -3.58. The second-order valence-corrected chi connectivity index (χ2v) is 7.13. The topological polar surface area (TPSA) is 97.1 Å². The fourth-order valence-electron chi connectivity index (χ4n) is 1.60. The first kappa shape index (κ1) is 13.5. The Morgan fingerprint density at radius 2 is 2.17 bits per heavy atom. The standard InChI is InChI=1S/C10H15ClN4O2S/c1-10(2)4-8(10)15-18(16,17)6-3-7(11)9(14-12)13-5-6/h3,5,8,15H,4,12H2,1-2H3,(H,13,14). The smallest absolute Gasteiger partial charge is 0.242 e. The average Bonchev–Trinajstić information content (AvgIpc) is 2.84. The molecule has 0 bridgehead atoms. The van der Waals surface area contributed by atoms with Gasteiger partial charge in [0.15, 0.2) is 5.82 Å². The van der Waals surface area contributed by atoms with Crippen LogP contribution in [0.25, 0.3) is 0 Å². The summed E-state index contributed by atoms with van der Waals surface area (Å²) < 4.78 is 26.7. The lowest BCUT2D eigenvalue weighted by Gasteiger charge is -2.09. The van der Waals surface area contributed by atoms with Crippen molar-refractivity contribution in [1.82, 2.24) is 9.71 Å². The first-order valence-electron chi connectivity index (χ1n) is 5.41. The Bertz CT molecular complexity index is 573. The molecular formula is C10H15ClN4O2S. The lowest BCUT2D eigenvalue weighted by molar-refractivity contribution is 0.554. The fourth-order valence-corrected chi connectivity index (χ4v) is 3.26. The van der Waals surface area contributed by atoms with Crippen molar-refractivity contribution in [1.29, 1.82) is 0 Å². The summed E-state index contributed by atoms with van der Waals surface area (Å²) in [6.45, 7) is 4.01. The fraction of sp³-hybridized carbons (Fsp3) is 0.500. The minimum absolute atomic E-state index is 0.0169. The molecule has 1 heterocycles. The van der Waals surface area contributed by atoms with Crippen LogP contribution in [-0.4, -0.2) is 19.4 Å². The third-order valence-corrected chi connectivity index (χ3v) is 4.80. The van der Waals surface area contributed by atoms with E-state index in [4.69, 9.17) is 17.4 Å². The van der Waals surface area contributed by atoms with Gasteiger partial charge in [0.1, 0.15) is 4.90 Å². The largest absolute Gasteiger partial charge is 0.307 e. The molecule has 1 atom stereocenters. The van der Waals surface area contributed by atoms with Gasteiger partial charge in [0.05, 0.1) is 5.02 Å². The molecule has 1 unspecified atom stereocenters. The Balaban J connectivity index is 2.23. The van der Waals surface area contributed by atoms with E-state index in [1.807, 2.05) is 13.8 Å². The normalized spacial score (nSPS) is 21.7. The van der Waals surface area contributed by atoms with Crippen molar-refractivity contribution in [2.45, 2.75) is 31.2 Å². The molecule has 0 aliphatic heterocycles. The maximum Gasteiger partial charge on any atom is 0.242 e. The third kappa shape index (κ3) is 2.59. The van der Waals surface area contributed by atoms with Gasteiger partial charge in [-0.15, -0.1) is 0 Å². The predicted molar refractivity (Wildman–Crippen MR) is 69.6 cm³/mol. The molecule has 0 amide bonds. The van der Waals surface area contributed by atoms with Gasteiger partial charge in [-0.2, -0.15) is 0 Å². The summed E-state index contributed by atoms with van der Waals surface area (Å²) in [6.07, 6.45) is 2.05. The van der Waals surface area contributed by atoms with Gasteiger partial charge in [-0.25, -0.2) is 24.0 Å². The van der Waals surface area contributed by atoms with Gasteiger partial charge in [-0.1, -0.05) is 25.4 Å². The van der Waals surface area contributed by atoms with E-state index in [1.165, 1.54) is 12.3 Å². The van der Waals surface area contributed by atoms with E-state index in [-0.39, 0.29) is 27.2 Å². The lowest BCUT2D eigenvalue weighted by Crippen LogP contribution is -2.28. The number of rotatable bonds is 4. The van der Waals surface area contributed by atoms with Crippen LogP contribution in [0.1, 0.15) is 20.3 Å². The highest BCUT2D eigenvalue weighted by Gasteiger charge is 2.47. The Labute approximate surface area is 111 Å². The minimum atomic E-state index is -3.58. The monoisotopic (exact) mass is 290 g/mol. The molecular weight excluding hydrogens is 276 g/mol. The van der Waals surface area contributed by atoms with Crippen molar-refractivity contribution >= 4 is 27.4 Å². The van der Waals surface area contributed by atoms with Gasteiger partial charge in [0, 0.05) is 12.2 Å². The van der Waals surface area contributed by atoms with Crippen LogP contribution in [0.5, 0.6) is 0 Å². The summed E-state index contributed by atoms with van der Waals surface area (Å²) in [6, 6.07) is 1.29. The Morgan fingerprint density at radius 3 is 2.61 bits per heavy atom. The van der Waals surface area contributed by atoms with E-state index >= 15 is 0 Å². The molecule has 1 saturated carbocycles. The molecule has 1 aliphatic rings. The van der Waals surface area contributed by atoms with Crippen molar-refractivity contribution in [3.8, 4) is 0 Å². The molecule has 0 spiro atoms. The average molecular weight is 291 g/mol. The highest BCUT2D eigenvalue weighted by atomic mass is 35.5. The van der Waals surface area contributed by atoms with Crippen LogP contribution < -0.4 is 16.0 Å². The Hall–Kier alpha value is -0.890. The van der Waals surface area contributed by atoms with Crippen molar-refractivity contribution in [2.24, 2.45) is 11.3 Å². The van der Waals surface area contributed by atoms with Crippen molar-refractivity contribution in [2.75, 3.05) is 5.43 Å². The first-order chi connectivity index (χ1) is 8.26. The van der Waals surface area contributed by atoms with Crippen molar-refractivity contribution in [3.05, 3.63) is 17.3 Å². The zero-order chi connectivity index (χ0) is 13.6.